The van der Waals surface area contributed by atoms with Crippen LogP contribution in [0.25, 0.3) is 0 Å². The minimum atomic E-state index is 0.414. The summed E-state index contributed by atoms with van der Waals surface area (Å²) in [6.07, 6.45) is 75.3. The van der Waals surface area contributed by atoms with Gasteiger partial charge in [-0.2, -0.15) is 10.5 Å². The summed E-state index contributed by atoms with van der Waals surface area (Å²) in [6, 6.07) is 5.03. The van der Waals surface area contributed by atoms with E-state index in [9.17, 15) is 10.5 Å². The number of anilines is 2. The number of unbranched alkanes of at least 4 members (excludes halogenated alkanes) is 52. The number of hydrogen-bond donors (Lipinski definition) is 0. The van der Waals surface area contributed by atoms with Crippen LogP contribution in [0, 0.1) is 22.7 Å². The van der Waals surface area contributed by atoms with Crippen LogP contribution in [-0.2, 0) is 0 Å². The average molecular weight is 1060 g/mol. The van der Waals surface area contributed by atoms with E-state index in [0.717, 1.165) is 51.9 Å². The molecule has 0 atom stereocenters. The Balaban J connectivity index is 2.93. The van der Waals surface area contributed by atoms with Crippen molar-refractivity contribution >= 4 is 11.6 Å². The zero-order chi connectivity index (χ0) is 54.7. The molecule has 6 heteroatoms. The Morgan fingerprint density at radius 2 is 0.355 bits per heavy atom. The highest BCUT2D eigenvalue weighted by Gasteiger charge is 2.22. The summed E-state index contributed by atoms with van der Waals surface area (Å²) < 4.78 is 0. The largest absolute Gasteiger partial charge is 0.354 e. The van der Waals surface area contributed by atoms with Crippen LogP contribution in [0.4, 0.5) is 11.6 Å². The topological polar surface area (TPSA) is 79.8 Å². The molecule has 0 saturated heterocycles. The Morgan fingerprint density at radius 1 is 0.224 bits per heavy atom. The fourth-order valence-electron chi connectivity index (χ4n) is 11.6. The lowest BCUT2D eigenvalue weighted by molar-refractivity contribution is 0.527. The van der Waals surface area contributed by atoms with Crippen molar-refractivity contribution in [2.24, 2.45) is 0 Å². The van der Waals surface area contributed by atoms with Crippen LogP contribution in [0.3, 0.4) is 0 Å². The van der Waals surface area contributed by atoms with E-state index in [-0.39, 0.29) is 0 Å². The van der Waals surface area contributed by atoms with Gasteiger partial charge in [-0.15, -0.1) is 0 Å². The number of nitrogens with zero attached hydrogens (tertiary/aromatic N) is 6. The van der Waals surface area contributed by atoms with E-state index in [2.05, 4.69) is 49.6 Å². The molecule has 0 aliphatic rings. The number of hydrogen-bond acceptors (Lipinski definition) is 6. The monoisotopic (exact) mass is 1060 g/mol. The van der Waals surface area contributed by atoms with E-state index in [4.69, 9.17) is 9.97 Å². The first-order chi connectivity index (χ1) is 37.7. The van der Waals surface area contributed by atoms with Gasteiger partial charge in [0.15, 0.2) is 23.0 Å². The normalized spacial score (nSPS) is 11.4. The zero-order valence-electron chi connectivity index (χ0n) is 52.1. The summed E-state index contributed by atoms with van der Waals surface area (Å²) in [4.78, 5) is 15.0. The van der Waals surface area contributed by atoms with Gasteiger partial charge < -0.3 is 9.80 Å². The molecule has 0 spiro atoms. The van der Waals surface area contributed by atoms with Crippen LogP contribution in [0.5, 0.6) is 0 Å². The molecule has 0 N–H and O–H groups in total. The SMILES string of the molecule is CCCCCCCCCCCCCCCCN(CCCCCCCCCCCCCCCC)c1nc(C#N)c(N(CCCCCCCCCCCCCCCC)CCCCCCCCCCCCCCCC)nc1C#N. The smallest absolute Gasteiger partial charge is 0.185 e. The van der Waals surface area contributed by atoms with E-state index in [1.54, 1.807) is 0 Å². The van der Waals surface area contributed by atoms with Gasteiger partial charge in [0.1, 0.15) is 12.1 Å². The summed E-state index contributed by atoms with van der Waals surface area (Å²) in [7, 11) is 0. The molecular weight excluding hydrogens is 925 g/mol. The van der Waals surface area contributed by atoms with Crippen molar-refractivity contribution in [3.05, 3.63) is 11.4 Å². The van der Waals surface area contributed by atoms with Crippen molar-refractivity contribution in [2.45, 2.75) is 387 Å². The molecule has 0 saturated carbocycles. The highest BCUT2D eigenvalue weighted by atomic mass is 15.2. The highest BCUT2D eigenvalue weighted by molar-refractivity contribution is 5.60. The molecule has 0 amide bonds. The minimum Gasteiger partial charge on any atom is -0.354 e. The van der Waals surface area contributed by atoms with E-state index in [1.165, 1.54) is 334 Å². The van der Waals surface area contributed by atoms with Crippen LogP contribution in [0.15, 0.2) is 0 Å². The third-order valence-electron chi connectivity index (χ3n) is 16.8. The first-order valence-electron chi connectivity index (χ1n) is 34.9. The molecule has 0 fully saturated rings. The second kappa shape index (κ2) is 58.8. The van der Waals surface area contributed by atoms with Crippen LogP contribution >= 0.6 is 0 Å². The van der Waals surface area contributed by atoms with Crippen molar-refractivity contribution in [1.29, 1.82) is 10.5 Å². The Hall–Kier alpha value is -2.34. The first-order valence-corrected chi connectivity index (χ1v) is 34.9. The van der Waals surface area contributed by atoms with E-state index < -0.39 is 0 Å². The molecule has 1 aromatic heterocycles. The molecular formula is C70H132N6. The second-order valence-corrected chi connectivity index (χ2v) is 24.2. The minimum absolute atomic E-state index is 0.414. The van der Waals surface area contributed by atoms with Crippen molar-refractivity contribution in [2.75, 3.05) is 36.0 Å². The molecule has 1 heterocycles. The Labute approximate surface area is 476 Å². The van der Waals surface area contributed by atoms with Gasteiger partial charge in [-0.3, -0.25) is 0 Å². The van der Waals surface area contributed by atoms with Crippen LogP contribution in [0.2, 0.25) is 0 Å². The first kappa shape index (κ1) is 71.7. The third-order valence-corrected chi connectivity index (χ3v) is 16.8. The van der Waals surface area contributed by atoms with Crippen molar-refractivity contribution in [3.63, 3.8) is 0 Å². The fraction of sp³-hybridized carbons (Fsp3) is 0.914. The molecule has 1 aromatic rings. The van der Waals surface area contributed by atoms with Gasteiger partial charge in [0.05, 0.1) is 0 Å². The Bertz CT molecular complexity index is 1240. The van der Waals surface area contributed by atoms with Crippen molar-refractivity contribution < 1.29 is 0 Å². The molecule has 76 heavy (non-hydrogen) atoms. The summed E-state index contributed by atoms with van der Waals surface area (Å²) in [5.74, 6) is 1.31. The fourth-order valence-corrected chi connectivity index (χ4v) is 11.6. The summed E-state index contributed by atoms with van der Waals surface area (Å²) in [5.41, 5.74) is 0.827. The van der Waals surface area contributed by atoms with Gasteiger partial charge in [-0.1, -0.05) is 362 Å². The standard InChI is InChI=1S/C70H132N6/c1-5-9-13-17-21-25-29-33-37-41-45-49-53-57-61-75(62-58-54-50-46-42-38-34-30-26-22-18-14-10-6-2)69-67(65-71)74-70(68(66-72)73-69)76(63-59-55-51-47-43-39-35-31-27-23-19-15-11-7-3)64-60-56-52-48-44-40-36-32-28-24-20-16-12-8-4/h5-64H2,1-4H3. The molecule has 0 radical (unpaired) electrons. The number of rotatable bonds is 62. The average Bonchev–Trinajstić information content (AvgIpc) is 3.44. The lowest BCUT2D eigenvalue weighted by Crippen LogP contribution is -2.31. The van der Waals surface area contributed by atoms with Crippen LogP contribution in [-0.4, -0.2) is 36.1 Å². The maximum Gasteiger partial charge on any atom is 0.185 e. The molecule has 442 valence electrons. The van der Waals surface area contributed by atoms with Gasteiger partial charge in [0, 0.05) is 26.2 Å². The second-order valence-electron chi connectivity index (χ2n) is 24.2. The van der Waals surface area contributed by atoms with Crippen LogP contribution < -0.4 is 9.80 Å². The van der Waals surface area contributed by atoms with Gasteiger partial charge in [0.2, 0.25) is 0 Å². The quantitative estimate of drug-likeness (QED) is 0.0605. The zero-order valence-corrected chi connectivity index (χ0v) is 52.1. The van der Waals surface area contributed by atoms with E-state index >= 15 is 0 Å². The van der Waals surface area contributed by atoms with Gasteiger partial charge >= 0.3 is 0 Å². The molecule has 0 unspecified atom stereocenters. The van der Waals surface area contributed by atoms with E-state index in [0.29, 0.717) is 23.0 Å². The molecule has 0 aromatic carbocycles. The molecule has 0 bridgehead atoms. The van der Waals surface area contributed by atoms with E-state index in [1.807, 2.05) is 0 Å². The Kier molecular flexibility index (Phi) is 55.5. The summed E-state index contributed by atoms with van der Waals surface area (Å²) >= 11 is 0. The van der Waals surface area contributed by atoms with Gasteiger partial charge in [0.25, 0.3) is 0 Å². The van der Waals surface area contributed by atoms with Crippen molar-refractivity contribution in [3.8, 4) is 12.1 Å². The summed E-state index contributed by atoms with van der Waals surface area (Å²) in [6.45, 7) is 12.7. The predicted octanol–water partition coefficient (Wildman–Crippen LogP) is 23.8. The molecule has 0 aliphatic carbocycles. The maximum atomic E-state index is 10.8. The van der Waals surface area contributed by atoms with Gasteiger partial charge in [-0.25, -0.2) is 9.97 Å². The number of aromatic nitrogens is 2. The predicted molar refractivity (Wildman–Crippen MR) is 337 cm³/mol. The lowest BCUT2D eigenvalue weighted by Gasteiger charge is -2.28. The highest BCUT2D eigenvalue weighted by Crippen LogP contribution is 2.27. The molecule has 0 aliphatic heterocycles. The molecule has 6 nitrogen and oxygen atoms in total. The maximum absolute atomic E-state index is 10.8. The van der Waals surface area contributed by atoms with Crippen LogP contribution in [0.1, 0.15) is 399 Å². The third kappa shape index (κ3) is 44.5. The molecule has 1 rings (SSSR count). The number of nitriles is 2. The Morgan fingerprint density at radius 3 is 0.487 bits per heavy atom. The summed E-state index contributed by atoms with van der Waals surface area (Å²) in [5, 5.41) is 21.5. The van der Waals surface area contributed by atoms with Gasteiger partial charge in [-0.05, 0) is 25.7 Å². The van der Waals surface area contributed by atoms with Crippen molar-refractivity contribution in [1.82, 2.24) is 9.97 Å². The lowest BCUT2D eigenvalue weighted by atomic mass is 10.0.